The highest BCUT2D eigenvalue weighted by Crippen LogP contribution is 2.27. The smallest absolute Gasteiger partial charge is 0.222 e. The highest BCUT2D eigenvalue weighted by molar-refractivity contribution is 5.75. The molecule has 0 aliphatic heterocycles. The standard InChI is InChI=1S/C11H22N2O2/c1-8(12)3-4-11(15)13(2)7-9-5-10(14)6-9/h8-10,14H,3-7,12H2,1-2H3. The summed E-state index contributed by atoms with van der Waals surface area (Å²) in [4.78, 5) is 13.4. The quantitative estimate of drug-likeness (QED) is 0.693. The van der Waals surface area contributed by atoms with Gasteiger partial charge in [-0.1, -0.05) is 0 Å². The lowest BCUT2D eigenvalue weighted by atomic mass is 9.82. The molecule has 4 nitrogen and oxygen atoms in total. The molecular formula is C11H22N2O2. The van der Waals surface area contributed by atoms with Gasteiger partial charge in [-0.15, -0.1) is 0 Å². The predicted molar refractivity (Wildman–Crippen MR) is 59.3 cm³/mol. The molecule has 1 saturated carbocycles. The van der Waals surface area contributed by atoms with Crippen LogP contribution in [0.3, 0.4) is 0 Å². The molecule has 4 heteroatoms. The van der Waals surface area contributed by atoms with Crippen molar-refractivity contribution in [3.05, 3.63) is 0 Å². The molecule has 1 aliphatic carbocycles. The van der Waals surface area contributed by atoms with Gasteiger partial charge in [-0.25, -0.2) is 0 Å². The Kier molecular flexibility index (Phi) is 4.54. The van der Waals surface area contributed by atoms with Gasteiger partial charge >= 0.3 is 0 Å². The third-order valence-electron chi connectivity index (χ3n) is 2.98. The van der Waals surface area contributed by atoms with Gasteiger partial charge in [0.1, 0.15) is 0 Å². The number of nitrogens with two attached hydrogens (primary N) is 1. The minimum Gasteiger partial charge on any atom is -0.393 e. The summed E-state index contributed by atoms with van der Waals surface area (Å²) in [6.07, 6.45) is 2.82. The van der Waals surface area contributed by atoms with E-state index in [1.807, 2.05) is 14.0 Å². The van der Waals surface area contributed by atoms with Crippen LogP contribution in [0, 0.1) is 5.92 Å². The van der Waals surface area contributed by atoms with Gasteiger partial charge in [0.15, 0.2) is 0 Å². The van der Waals surface area contributed by atoms with E-state index >= 15 is 0 Å². The van der Waals surface area contributed by atoms with Crippen LogP contribution >= 0.6 is 0 Å². The summed E-state index contributed by atoms with van der Waals surface area (Å²) in [5.41, 5.74) is 5.59. The van der Waals surface area contributed by atoms with E-state index in [2.05, 4.69) is 0 Å². The van der Waals surface area contributed by atoms with Gasteiger partial charge in [-0.05, 0) is 32.1 Å². The van der Waals surface area contributed by atoms with Crippen LogP contribution in [0.15, 0.2) is 0 Å². The Hall–Kier alpha value is -0.610. The topological polar surface area (TPSA) is 66.6 Å². The number of carbonyl (C=O) groups is 1. The van der Waals surface area contributed by atoms with Crippen LogP contribution in [0.1, 0.15) is 32.6 Å². The summed E-state index contributed by atoms with van der Waals surface area (Å²) < 4.78 is 0. The number of hydrogen-bond donors (Lipinski definition) is 2. The van der Waals surface area contributed by atoms with Crippen molar-refractivity contribution >= 4 is 5.91 Å². The average Bonchev–Trinajstić information content (AvgIpc) is 2.11. The number of nitrogens with zero attached hydrogens (tertiary/aromatic N) is 1. The largest absolute Gasteiger partial charge is 0.393 e. The van der Waals surface area contributed by atoms with Gasteiger partial charge in [-0.2, -0.15) is 0 Å². The first-order valence-electron chi connectivity index (χ1n) is 5.66. The second kappa shape index (κ2) is 5.47. The number of aliphatic hydroxyl groups excluding tert-OH is 1. The van der Waals surface area contributed by atoms with Crippen LogP contribution in [0.25, 0.3) is 0 Å². The lowest BCUT2D eigenvalue weighted by Gasteiger charge is -2.34. The van der Waals surface area contributed by atoms with Crippen molar-refractivity contribution in [2.75, 3.05) is 13.6 Å². The van der Waals surface area contributed by atoms with Gasteiger partial charge < -0.3 is 15.7 Å². The zero-order chi connectivity index (χ0) is 11.4. The maximum absolute atomic E-state index is 11.6. The van der Waals surface area contributed by atoms with E-state index in [9.17, 15) is 4.79 Å². The first kappa shape index (κ1) is 12.5. The minimum absolute atomic E-state index is 0.0906. The Labute approximate surface area is 91.4 Å². The second-order valence-electron chi connectivity index (χ2n) is 4.78. The van der Waals surface area contributed by atoms with Gasteiger partial charge in [0.05, 0.1) is 6.10 Å². The van der Waals surface area contributed by atoms with Crippen LogP contribution in [0.5, 0.6) is 0 Å². The lowest BCUT2D eigenvalue weighted by molar-refractivity contribution is -0.131. The molecule has 15 heavy (non-hydrogen) atoms. The molecule has 0 bridgehead atoms. The highest BCUT2D eigenvalue weighted by Gasteiger charge is 2.28. The molecule has 0 heterocycles. The van der Waals surface area contributed by atoms with E-state index in [0.29, 0.717) is 12.3 Å². The van der Waals surface area contributed by atoms with Crippen molar-refractivity contribution in [1.29, 1.82) is 0 Å². The van der Waals surface area contributed by atoms with E-state index in [0.717, 1.165) is 25.8 Å². The third-order valence-corrected chi connectivity index (χ3v) is 2.98. The molecule has 1 fully saturated rings. The van der Waals surface area contributed by atoms with E-state index in [-0.39, 0.29) is 18.1 Å². The van der Waals surface area contributed by atoms with Crippen molar-refractivity contribution in [2.45, 2.75) is 44.8 Å². The molecule has 0 aromatic rings. The number of rotatable bonds is 5. The van der Waals surface area contributed by atoms with Crippen LogP contribution in [-0.4, -0.2) is 41.7 Å². The van der Waals surface area contributed by atoms with Crippen LogP contribution in [0.4, 0.5) is 0 Å². The fourth-order valence-electron chi connectivity index (χ4n) is 1.88. The molecule has 1 atom stereocenters. The van der Waals surface area contributed by atoms with E-state index in [4.69, 9.17) is 10.8 Å². The summed E-state index contributed by atoms with van der Waals surface area (Å²) in [5, 5.41) is 9.13. The Morgan fingerprint density at radius 2 is 2.20 bits per heavy atom. The molecule has 0 radical (unpaired) electrons. The van der Waals surface area contributed by atoms with E-state index < -0.39 is 0 Å². The second-order valence-corrected chi connectivity index (χ2v) is 4.78. The number of hydrogen-bond acceptors (Lipinski definition) is 3. The van der Waals surface area contributed by atoms with Gasteiger partial charge in [0, 0.05) is 26.1 Å². The lowest BCUT2D eigenvalue weighted by Crippen LogP contribution is -2.39. The molecule has 1 aliphatic rings. The number of amides is 1. The summed E-state index contributed by atoms with van der Waals surface area (Å²) in [6, 6.07) is 0.0906. The molecule has 0 aromatic heterocycles. The molecule has 88 valence electrons. The molecule has 0 aromatic carbocycles. The van der Waals surface area contributed by atoms with E-state index in [1.165, 1.54) is 0 Å². The van der Waals surface area contributed by atoms with Crippen LogP contribution in [0.2, 0.25) is 0 Å². The maximum atomic E-state index is 11.6. The van der Waals surface area contributed by atoms with Crippen molar-refractivity contribution in [1.82, 2.24) is 4.90 Å². The Morgan fingerprint density at radius 3 is 2.67 bits per heavy atom. The highest BCUT2D eigenvalue weighted by atomic mass is 16.3. The minimum atomic E-state index is -0.137. The maximum Gasteiger partial charge on any atom is 0.222 e. The number of carbonyl (C=O) groups excluding carboxylic acids is 1. The van der Waals surface area contributed by atoms with Gasteiger partial charge in [0.25, 0.3) is 0 Å². The van der Waals surface area contributed by atoms with Crippen molar-refractivity contribution in [3.8, 4) is 0 Å². The zero-order valence-electron chi connectivity index (χ0n) is 9.65. The average molecular weight is 214 g/mol. The Balaban J connectivity index is 2.15. The number of aliphatic hydroxyl groups is 1. The third kappa shape index (κ3) is 4.18. The first-order chi connectivity index (χ1) is 6.99. The Bertz CT molecular complexity index is 213. The molecular weight excluding hydrogens is 192 g/mol. The summed E-state index contributed by atoms with van der Waals surface area (Å²) in [6.45, 7) is 2.68. The predicted octanol–water partition coefficient (Wildman–Crippen LogP) is 0.343. The summed E-state index contributed by atoms with van der Waals surface area (Å²) in [5.74, 6) is 0.651. The monoisotopic (exact) mass is 214 g/mol. The van der Waals surface area contributed by atoms with Gasteiger partial charge in [-0.3, -0.25) is 4.79 Å². The normalized spacial score (nSPS) is 26.9. The van der Waals surface area contributed by atoms with Crippen LogP contribution < -0.4 is 5.73 Å². The van der Waals surface area contributed by atoms with Crippen molar-refractivity contribution in [2.24, 2.45) is 11.7 Å². The molecule has 0 saturated heterocycles. The van der Waals surface area contributed by atoms with Gasteiger partial charge in [0.2, 0.25) is 5.91 Å². The Morgan fingerprint density at radius 1 is 1.60 bits per heavy atom. The molecule has 1 rings (SSSR count). The first-order valence-corrected chi connectivity index (χ1v) is 5.66. The summed E-state index contributed by atoms with van der Waals surface area (Å²) >= 11 is 0. The van der Waals surface area contributed by atoms with Crippen molar-refractivity contribution in [3.63, 3.8) is 0 Å². The zero-order valence-corrected chi connectivity index (χ0v) is 9.65. The molecule has 1 amide bonds. The molecule has 3 N–H and O–H groups in total. The molecule has 0 spiro atoms. The van der Waals surface area contributed by atoms with Crippen molar-refractivity contribution < 1.29 is 9.90 Å². The fraction of sp³-hybridized carbons (Fsp3) is 0.909. The summed E-state index contributed by atoms with van der Waals surface area (Å²) in [7, 11) is 1.83. The molecule has 1 unspecified atom stereocenters. The van der Waals surface area contributed by atoms with Crippen LogP contribution in [-0.2, 0) is 4.79 Å². The van der Waals surface area contributed by atoms with E-state index in [1.54, 1.807) is 4.90 Å². The SMILES string of the molecule is CC(N)CCC(=O)N(C)CC1CC(O)C1. The fourth-order valence-corrected chi connectivity index (χ4v) is 1.88.